The Balaban J connectivity index is 1.27. The van der Waals surface area contributed by atoms with E-state index in [4.69, 9.17) is 20.6 Å². The van der Waals surface area contributed by atoms with E-state index in [2.05, 4.69) is 15.0 Å². The fourth-order valence-corrected chi connectivity index (χ4v) is 6.15. The topological polar surface area (TPSA) is 142 Å². The first kappa shape index (κ1) is 27.2. The number of carbonyl (C=O) groups is 2. The fraction of sp³-hybridized carbons (Fsp3) is 0.281. The van der Waals surface area contributed by atoms with E-state index >= 15 is 0 Å². The predicted molar refractivity (Wildman–Crippen MR) is 157 cm³/mol. The molecule has 4 aromatic heterocycles. The lowest BCUT2D eigenvalue weighted by Gasteiger charge is -2.29. The van der Waals surface area contributed by atoms with Crippen LogP contribution in [0.25, 0.3) is 22.2 Å². The molecule has 1 aromatic carbocycles. The second-order valence-corrected chi connectivity index (χ2v) is 11.8. The number of nitrogens with zero attached hydrogens (tertiary/aromatic N) is 7. The standard InChI is InChI=1S/C32H26F2N8O3/c33-19-4-6-25(36-11-19)32(7-8-32)42-31-21(14-39-42)28(29(30(35)44)22(40-31)9-17-1-2-17)18-3-5-23-24(10-18)45-16-27(43)41(23)15-26-37-12-20(34)13-38-26/h3-6,10-14,17H,1-2,7-9,15-16H2,(H2,35,44). The maximum atomic E-state index is 13.7. The van der Waals surface area contributed by atoms with Gasteiger partial charge in [0.25, 0.3) is 11.8 Å². The Morgan fingerprint density at radius 3 is 2.49 bits per heavy atom. The van der Waals surface area contributed by atoms with Crippen LogP contribution in [0, 0.1) is 17.6 Å². The molecular weight excluding hydrogens is 582 g/mol. The van der Waals surface area contributed by atoms with Gasteiger partial charge in [0, 0.05) is 10.9 Å². The van der Waals surface area contributed by atoms with Gasteiger partial charge in [0.15, 0.2) is 18.1 Å². The van der Waals surface area contributed by atoms with E-state index in [-0.39, 0.29) is 24.9 Å². The van der Waals surface area contributed by atoms with E-state index in [1.807, 2.05) is 4.68 Å². The van der Waals surface area contributed by atoms with Crippen molar-refractivity contribution in [3.63, 3.8) is 0 Å². The van der Waals surface area contributed by atoms with Crippen molar-refractivity contribution in [2.24, 2.45) is 11.7 Å². The van der Waals surface area contributed by atoms with Crippen LogP contribution in [-0.2, 0) is 23.3 Å². The highest BCUT2D eigenvalue weighted by Gasteiger charge is 2.50. The third-order valence-corrected chi connectivity index (χ3v) is 8.72. The van der Waals surface area contributed by atoms with E-state index in [0.717, 1.165) is 38.1 Å². The van der Waals surface area contributed by atoms with Crippen molar-refractivity contribution in [1.29, 1.82) is 0 Å². The Morgan fingerprint density at radius 2 is 1.80 bits per heavy atom. The number of ether oxygens (including phenoxy) is 1. The first-order chi connectivity index (χ1) is 21.8. The third kappa shape index (κ3) is 4.66. The second-order valence-electron chi connectivity index (χ2n) is 11.8. The molecule has 0 spiro atoms. The number of hydrogen-bond acceptors (Lipinski definition) is 8. The van der Waals surface area contributed by atoms with Gasteiger partial charge in [-0.15, -0.1) is 0 Å². The van der Waals surface area contributed by atoms with Crippen LogP contribution in [0.2, 0.25) is 0 Å². The van der Waals surface area contributed by atoms with E-state index in [1.165, 1.54) is 17.2 Å². The van der Waals surface area contributed by atoms with E-state index in [9.17, 15) is 18.4 Å². The number of halogens is 2. The molecule has 0 saturated heterocycles. The van der Waals surface area contributed by atoms with E-state index in [1.54, 1.807) is 30.5 Å². The monoisotopic (exact) mass is 608 g/mol. The first-order valence-electron chi connectivity index (χ1n) is 14.7. The average molecular weight is 609 g/mol. The van der Waals surface area contributed by atoms with Gasteiger partial charge in [-0.3, -0.25) is 19.5 Å². The van der Waals surface area contributed by atoms with Crippen LogP contribution in [0.15, 0.2) is 55.1 Å². The van der Waals surface area contributed by atoms with Crippen LogP contribution in [-0.4, -0.2) is 48.1 Å². The van der Waals surface area contributed by atoms with Gasteiger partial charge in [-0.25, -0.2) is 28.4 Å². The van der Waals surface area contributed by atoms with Crippen LogP contribution in [0.4, 0.5) is 14.5 Å². The van der Waals surface area contributed by atoms with Crippen molar-refractivity contribution in [1.82, 2.24) is 29.7 Å². The summed E-state index contributed by atoms with van der Waals surface area (Å²) in [6.45, 7) is -0.192. The third-order valence-electron chi connectivity index (χ3n) is 8.72. The number of rotatable bonds is 8. The van der Waals surface area contributed by atoms with Gasteiger partial charge in [-0.1, -0.05) is 6.07 Å². The number of fused-ring (bicyclic) bond motifs is 2. The van der Waals surface area contributed by atoms with Gasteiger partial charge in [0.2, 0.25) is 0 Å². The predicted octanol–water partition coefficient (Wildman–Crippen LogP) is 4.08. The molecule has 0 bridgehead atoms. The fourth-order valence-electron chi connectivity index (χ4n) is 6.15. The molecule has 5 heterocycles. The zero-order valence-corrected chi connectivity index (χ0v) is 23.9. The molecule has 45 heavy (non-hydrogen) atoms. The van der Waals surface area contributed by atoms with Crippen LogP contribution in [0.1, 0.15) is 53.3 Å². The van der Waals surface area contributed by atoms with Gasteiger partial charge >= 0.3 is 0 Å². The van der Waals surface area contributed by atoms with Crippen molar-refractivity contribution in [2.75, 3.05) is 11.5 Å². The lowest BCUT2D eigenvalue weighted by Crippen LogP contribution is -2.38. The Bertz CT molecular complexity index is 2000. The van der Waals surface area contributed by atoms with Crippen LogP contribution in [0.5, 0.6) is 5.75 Å². The lowest BCUT2D eigenvalue weighted by atomic mass is 9.93. The number of aromatic nitrogens is 6. The Hall–Kier alpha value is -5.33. The molecule has 0 atom stereocenters. The van der Waals surface area contributed by atoms with Gasteiger partial charge in [-0.2, -0.15) is 5.10 Å². The SMILES string of the molecule is NC(=O)c1c(CC2CC2)nc2c(cnn2C2(c3ccc(F)cn3)CC2)c1-c1ccc2c(c1)OCC(=O)N2Cc1ncc(F)cn1. The molecule has 226 valence electrons. The van der Waals surface area contributed by atoms with Gasteiger partial charge in [-0.05, 0) is 67.9 Å². The molecule has 5 aromatic rings. The molecule has 0 unspecified atom stereocenters. The number of hydrogen-bond donors (Lipinski definition) is 1. The van der Waals surface area contributed by atoms with Crippen molar-refractivity contribution in [3.8, 4) is 16.9 Å². The zero-order chi connectivity index (χ0) is 30.9. The highest BCUT2D eigenvalue weighted by atomic mass is 19.1. The summed E-state index contributed by atoms with van der Waals surface area (Å²) in [5.74, 6) is -0.797. The van der Waals surface area contributed by atoms with Gasteiger partial charge in [0.1, 0.15) is 22.9 Å². The maximum Gasteiger partial charge on any atom is 0.265 e. The van der Waals surface area contributed by atoms with Crippen molar-refractivity contribution in [2.45, 2.75) is 44.2 Å². The molecular formula is C32H26F2N8O3. The van der Waals surface area contributed by atoms with Gasteiger partial charge < -0.3 is 10.5 Å². The summed E-state index contributed by atoms with van der Waals surface area (Å²) >= 11 is 0. The van der Waals surface area contributed by atoms with Crippen LogP contribution in [0.3, 0.4) is 0 Å². The quantitative estimate of drug-likeness (QED) is 0.278. The van der Waals surface area contributed by atoms with Crippen LogP contribution < -0.4 is 15.4 Å². The summed E-state index contributed by atoms with van der Waals surface area (Å²) < 4.78 is 34.8. The molecule has 2 aliphatic carbocycles. The second kappa shape index (κ2) is 10.1. The zero-order valence-electron chi connectivity index (χ0n) is 23.9. The number of primary amides is 1. The number of pyridine rings is 2. The molecule has 8 rings (SSSR count). The number of anilines is 1. The van der Waals surface area contributed by atoms with Crippen molar-refractivity contribution < 1.29 is 23.1 Å². The number of amides is 2. The number of carbonyl (C=O) groups excluding carboxylic acids is 2. The van der Waals surface area contributed by atoms with E-state index < -0.39 is 23.1 Å². The molecule has 0 radical (unpaired) electrons. The van der Waals surface area contributed by atoms with Crippen LogP contribution >= 0.6 is 0 Å². The minimum atomic E-state index is -0.604. The Morgan fingerprint density at radius 1 is 1.02 bits per heavy atom. The summed E-state index contributed by atoms with van der Waals surface area (Å²) in [6, 6.07) is 8.37. The molecule has 3 aliphatic rings. The first-order valence-corrected chi connectivity index (χ1v) is 14.7. The molecule has 2 saturated carbocycles. The molecule has 2 fully saturated rings. The molecule has 11 nitrogen and oxygen atoms in total. The summed E-state index contributed by atoms with van der Waals surface area (Å²) in [4.78, 5) is 44.8. The minimum Gasteiger partial charge on any atom is -0.482 e. The largest absolute Gasteiger partial charge is 0.482 e. The molecule has 2 amide bonds. The molecule has 2 N–H and O–H groups in total. The Kier molecular flexibility index (Phi) is 6.12. The van der Waals surface area contributed by atoms with Gasteiger partial charge in [0.05, 0.1) is 54.0 Å². The van der Waals surface area contributed by atoms with Crippen molar-refractivity contribution >= 4 is 28.5 Å². The van der Waals surface area contributed by atoms with E-state index in [0.29, 0.717) is 62.9 Å². The summed E-state index contributed by atoms with van der Waals surface area (Å²) in [5.41, 5.74) is 9.37. The average Bonchev–Trinajstić information content (AvgIpc) is 3.97. The lowest BCUT2D eigenvalue weighted by molar-refractivity contribution is -0.121. The summed E-state index contributed by atoms with van der Waals surface area (Å²) in [7, 11) is 0. The number of nitrogens with two attached hydrogens (primary N) is 1. The summed E-state index contributed by atoms with van der Waals surface area (Å²) in [5, 5.41) is 5.38. The van der Waals surface area contributed by atoms with Crippen molar-refractivity contribution in [3.05, 3.63) is 89.5 Å². The Labute approximate surface area is 255 Å². The normalized spacial score (nSPS) is 16.8. The maximum absolute atomic E-state index is 13.7. The smallest absolute Gasteiger partial charge is 0.265 e. The number of benzene rings is 1. The highest BCUT2D eigenvalue weighted by Crippen LogP contribution is 2.50. The highest BCUT2D eigenvalue weighted by molar-refractivity contribution is 6.09. The summed E-state index contributed by atoms with van der Waals surface area (Å²) in [6.07, 6.45) is 9.17. The molecule has 13 heteroatoms. The minimum absolute atomic E-state index is 0.0265. The molecule has 1 aliphatic heterocycles.